The number of aromatic amines is 1. The number of aromatic nitrogens is 1. The third kappa shape index (κ3) is 2.97. The highest BCUT2D eigenvalue weighted by atomic mass is 16.7. The van der Waals surface area contributed by atoms with E-state index in [1.807, 2.05) is 18.2 Å². The van der Waals surface area contributed by atoms with Gasteiger partial charge >= 0.3 is 5.97 Å². The minimum atomic E-state index is -0.369. The van der Waals surface area contributed by atoms with E-state index in [1.54, 1.807) is 14.2 Å². The summed E-state index contributed by atoms with van der Waals surface area (Å²) in [4.78, 5) is 15.5. The van der Waals surface area contributed by atoms with Gasteiger partial charge < -0.3 is 19.2 Å². The Bertz CT molecular complexity index is 693. The van der Waals surface area contributed by atoms with Gasteiger partial charge in [0.15, 0.2) is 6.29 Å². The summed E-state index contributed by atoms with van der Waals surface area (Å²) in [5.74, 6) is -0.252. The van der Waals surface area contributed by atoms with Crippen LogP contribution >= 0.6 is 0 Å². The maximum Gasteiger partial charge on any atom is 0.323 e. The first-order valence-electron chi connectivity index (χ1n) is 7.66. The maximum absolute atomic E-state index is 12.0. The summed E-state index contributed by atoms with van der Waals surface area (Å²) in [6.07, 6.45) is 0.858. The number of nitrogens with one attached hydrogen (secondary N) is 2. The van der Waals surface area contributed by atoms with Crippen LogP contribution in [-0.2, 0) is 25.4 Å². The van der Waals surface area contributed by atoms with Crippen LogP contribution in [0, 0.1) is 0 Å². The van der Waals surface area contributed by atoms with Gasteiger partial charge in [-0.05, 0) is 11.6 Å². The van der Waals surface area contributed by atoms with E-state index in [9.17, 15) is 4.79 Å². The Balaban J connectivity index is 2.00. The molecule has 0 saturated carbocycles. The van der Waals surface area contributed by atoms with E-state index in [2.05, 4.69) is 16.4 Å². The molecule has 6 nitrogen and oxygen atoms in total. The molecule has 2 atom stereocenters. The second kappa shape index (κ2) is 6.70. The molecule has 0 aliphatic carbocycles. The van der Waals surface area contributed by atoms with Crippen molar-refractivity contribution in [1.29, 1.82) is 0 Å². The zero-order chi connectivity index (χ0) is 16.4. The van der Waals surface area contributed by atoms with Crippen molar-refractivity contribution in [1.82, 2.24) is 10.3 Å². The van der Waals surface area contributed by atoms with Crippen LogP contribution < -0.4 is 5.32 Å². The zero-order valence-corrected chi connectivity index (χ0v) is 13.6. The monoisotopic (exact) mass is 318 g/mol. The number of hydrogen-bond donors (Lipinski definition) is 2. The van der Waals surface area contributed by atoms with Crippen LogP contribution in [0.2, 0.25) is 0 Å². The summed E-state index contributed by atoms with van der Waals surface area (Å²) in [5.41, 5.74) is 3.32. The molecular weight excluding hydrogens is 296 g/mol. The fourth-order valence-corrected chi connectivity index (χ4v) is 3.29. The van der Waals surface area contributed by atoms with Crippen LogP contribution in [0.15, 0.2) is 24.3 Å². The van der Waals surface area contributed by atoms with Gasteiger partial charge in [-0.3, -0.25) is 10.1 Å². The van der Waals surface area contributed by atoms with Crippen molar-refractivity contribution in [3.8, 4) is 0 Å². The summed E-state index contributed by atoms with van der Waals surface area (Å²) in [7, 11) is 4.64. The number of H-pyrrole nitrogens is 1. The predicted molar refractivity (Wildman–Crippen MR) is 86.1 cm³/mol. The molecule has 1 aromatic heterocycles. The fourth-order valence-electron chi connectivity index (χ4n) is 3.29. The summed E-state index contributed by atoms with van der Waals surface area (Å²) < 4.78 is 15.6. The number of fused-ring (bicyclic) bond motifs is 3. The first-order valence-corrected chi connectivity index (χ1v) is 7.66. The Kier molecular flexibility index (Phi) is 4.66. The molecule has 1 aliphatic heterocycles. The summed E-state index contributed by atoms with van der Waals surface area (Å²) >= 11 is 0. The molecular formula is C17H22N2O4. The Morgan fingerprint density at radius 1 is 1.26 bits per heavy atom. The SMILES string of the molecule is COC(=O)[C@@H]1Cc2c([nH]c3ccccc23)[C@H](CC(OC)OC)N1. The molecule has 1 aliphatic rings. The van der Waals surface area contributed by atoms with Crippen molar-refractivity contribution in [2.24, 2.45) is 0 Å². The second-order valence-electron chi connectivity index (χ2n) is 5.70. The van der Waals surface area contributed by atoms with Gasteiger partial charge in [0, 0.05) is 43.7 Å². The molecule has 0 amide bonds. The first-order chi connectivity index (χ1) is 11.2. The Morgan fingerprint density at radius 2 is 2.00 bits per heavy atom. The fraction of sp³-hybridized carbons (Fsp3) is 0.471. The van der Waals surface area contributed by atoms with Gasteiger partial charge in [-0.15, -0.1) is 0 Å². The van der Waals surface area contributed by atoms with E-state index in [0.717, 1.165) is 22.2 Å². The van der Waals surface area contributed by atoms with E-state index in [-0.39, 0.29) is 24.3 Å². The van der Waals surface area contributed by atoms with Crippen molar-refractivity contribution >= 4 is 16.9 Å². The van der Waals surface area contributed by atoms with E-state index >= 15 is 0 Å². The Morgan fingerprint density at radius 3 is 2.70 bits per heavy atom. The van der Waals surface area contributed by atoms with E-state index in [0.29, 0.717) is 12.8 Å². The summed E-state index contributed by atoms with van der Waals surface area (Å²) in [6, 6.07) is 7.69. The van der Waals surface area contributed by atoms with E-state index in [4.69, 9.17) is 14.2 Å². The average Bonchev–Trinajstić information content (AvgIpc) is 2.97. The third-order valence-corrected chi connectivity index (χ3v) is 4.45. The lowest BCUT2D eigenvalue weighted by Crippen LogP contribution is -2.46. The van der Waals surface area contributed by atoms with Crippen LogP contribution in [0.5, 0.6) is 0 Å². The molecule has 1 aromatic carbocycles. The Hall–Kier alpha value is -1.89. The number of rotatable bonds is 5. The molecule has 0 spiro atoms. The van der Waals surface area contributed by atoms with Crippen LogP contribution in [0.25, 0.3) is 10.9 Å². The predicted octanol–water partition coefficient (Wildman–Crippen LogP) is 1.91. The lowest BCUT2D eigenvalue weighted by molar-refractivity contribution is -0.144. The van der Waals surface area contributed by atoms with Crippen molar-refractivity contribution in [2.75, 3.05) is 21.3 Å². The number of carbonyl (C=O) groups excluding carboxylic acids is 1. The van der Waals surface area contributed by atoms with Crippen LogP contribution in [0.4, 0.5) is 0 Å². The van der Waals surface area contributed by atoms with Crippen molar-refractivity contribution < 1.29 is 19.0 Å². The summed E-state index contributed by atoms with van der Waals surface area (Å²) in [5, 5.41) is 4.50. The van der Waals surface area contributed by atoms with Gasteiger partial charge in [-0.1, -0.05) is 18.2 Å². The molecule has 3 rings (SSSR count). The standard InChI is InChI=1S/C17H22N2O4/c1-21-15(22-2)9-13-16-11(8-14(18-13)17(20)23-3)10-6-4-5-7-12(10)19-16/h4-7,13-15,18-19H,8-9H2,1-3H3/t13-,14-/m0/s1. The number of ether oxygens (including phenoxy) is 3. The lowest BCUT2D eigenvalue weighted by atomic mass is 9.92. The van der Waals surface area contributed by atoms with Gasteiger partial charge in [0.25, 0.3) is 0 Å². The lowest BCUT2D eigenvalue weighted by Gasteiger charge is -2.31. The Labute approximate surface area is 135 Å². The van der Waals surface area contributed by atoms with Gasteiger partial charge in [0.1, 0.15) is 6.04 Å². The molecule has 124 valence electrons. The summed E-state index contributed by atoms with van der Waals surface area (Å²) in [6.45, 7) is 0. The minimum Gasteiger partial charge on any atom is -0.468 e. The number of carbonyl (C=O) groups is 1. The highest BCUT2D eigenvalue weighted by molar-refractivity contribution is 5.87. The molecule has 0 unspecified atom stereocenters. The number of hydrogen-bond acceptors (Lipinski definition) is 5. The third-order valence-electron chi connectivity index (χ3n) is 4.45. The molecule has 0 bridgehead atoms. The number of esters is 1. The number of benzene rings is 1. The number of methoxy groups -OCH3 is 3. The van der Waals surface area contributed by atoms with Crippen LogP contribution in [0.3, 0.4) is 0 Å². The minimum absolute atomic E-state index is 0.0693. The van der Waals surface area contributed by atoms with E-state index in [1.165, 1.54) is 7.11 Å². The molecule has 2 heterocycles. The van der Waals surface area contributed by atoms with E-state index < -0.39 is 0 Å². The van der Waals surface area contributed by atoms with Gasteiger partial charge in [0.2, 0.25) is 0 Å². The van der Waals surface area contributed by atoms with Crippen molar-refractivity contribution in [2.45, 2.75) is 31.2 Å². The van der Waals surface area contributed by atoms with Gasteiger partial charge in [-0.25, -0.2) is 0 Å². The molecule has 6 heteroatoms. The number of para-hydroxylation sites is 1. The molecule has 0 radical (unpaired) electrons. The maximum atomic E-state index is 12.0. The highest BCUT2D eigenvalue weighted by Crippen LogP contribution is 2.34. The van der Waals surface area contributed by atoms with Crippen LogP contribution in [0.1, 0.15) is 23.7 Å². The van der Waals surface area contributed by atoms with Crippen molar-refractivity contribution in [3.05, 3.63) is 35.5 Å². The normalized spacial score (nSPS) is 20.7. The molecule has 0 saturated heterocycles. The first kappa shape index (κ1) is 16.0. The molecule has 2 N–H and O–H groups in total. The second-order valence-corrected chi connectivity index (χ2v) is 5.70. The van der Waals surface area contributed by atoms with Gasteiger partial charge in [0.05, 0.1) is 13.2 Å². The topological polar surface area (TPSA) is 72.6 Å². The quantitative estimate of drug-likeness (QED) is 0.651. The van der Waals surface area contributed by atoms with Crippen molar-refractivity contribution in [3.63, 3.8) is 0 Å². The largest absolute Gasteiger partial charge is 0.468 e. The van der Waals surface area contributed by atoms with Crippen LogP contribution in [-0.4, -0.2) is 44.6 Å². The molecule has 23 heavy (non-hydrogen) atoms. The molecule has 2 aromatic rings. The smallest absolute Gasteiger partial charge is 0.323 e. The highest BCUT2D eigenvalue weighted by Gasteiger charge is 2.34. The average molecular weight is 318 g/mol. The van der Waals surface area contributed by atoms with Gasteiger partial charge in [-0.2, -0.15) is 0 Å². The molecule has 0 fully saturated rings. The zero-order valence-electron chi connectivity index (χ0n) is 13.6.